The van der Waals surface area contributed by atoms with E-state index in [4.69, 9.17) is 89.8 Å². The Morgan fingerprint density at radius 3 is 1.33 bits per heavy atom. The summed E-state index contributed by atoms with van der Waals surface area (Å²) >= 11 is 12.5. The van der Waals surface area contributed by atoms with E-state index in [0.717, 1.165) is 22.1 Å². The SMILES string of the molecule is CC(C)(C)OC(=O)NCCOCCOCCOCCOCCOCCOCCOCCOCCOCCOCCOCCOc1cc(NC2CCN(S(=O)(=O)C(F)(F)F)CC2)c2cc(C(c3ccc(Cl)cc3)c3ccc(Cl)cc3)ccc2n1. The molecule has 3 aromatic carbocycles. The predicted octanol–water partition coefficient (Wildman–Crippen LogP) is 8.53. The summed E-state index contributed by atoms with van der Waals surface area (Å²) in [5.74, 6) is 0.0826. The zero-order valence-corrected chi connectivity index (χ0v) is 49.9. The number of alkyl carbamates (subject to hydrolysis) is 1. The van der Waals surface area contributed by atoms with E-state index >= 15 is 0 Å². The zero-order chi connectivity index (χ0) is 59.6. The van der Waals surface area contributed by atoms with Crippen LogP contribution in [-0.2, 0) is 66.9 Å². The molecule has 0 saturated carbocycles. The minimum atomic E-state index is -5.44. The van der Waals surface area contributed by atoms with Gasteiger partial charge in [-0.15, -0.1) is 0 Å². The van der Waals surface area contributed by atoms with Crippen molar-refractivity contribution in [2.45, 2.75) is 56.7 Å². The number of alkyl halides is 3. The van der Waals surface area contributed by atoms with Gasteiger partial charge in [0.1, 0.15) is 12.2 Å². The summed E-state index contributed by atoms with van der Waals surface area (Å²) in [4.78, 5) is 16.3. The van der Waals surface area contributed by atoms with E-state index in [2.05, 4.69) is 10.6 Å². The van der Waals surface area contributed by atoms with Crippen molar-refractivity contribution < 1.29 is 88.0 Å². The predicted molar refractivity (Wildman–Crippen MR) is 308 cm³/mol. The van der Waals surface area contributed by atoms with Crippen molar-refractivity contribution in [3.8, 4) is 5.88 Å². The topological polar surface area (TPSA) is 211 Å². The Kier molecular flexibility index (Phi) is 32.5. The van der Waals surface area contributed by atoms with Crippen LogP contribution in [0.4, 0.5) is 23.7 Å². The summed E-state index contributed by atoms with van der Waals surface area (Å²) < 4.78 is 137. The lowest BCUT2D eigenvalue weighted by Gasteiger charge is -2.32. The number of piperidine rings is 1. The number of hydrogen-bond acceptors (Lipinski definition) is 18. The Balaban J connectivity index is 0.851. The monoisotopic (exact) mass is 1240 g/mol. The minimum absolute atomic E-state index is 0.149. The van der Waals surface area contributed by atoms with Gasteiger partial charge in [0.05, 0.1) is 151 Å². The van der Waals surface area contributed by atoms with Gasteiger partial charge in [-0.05, 0) is 86.7 Å². The van der Waals surface area contributed by atoms with E-state index < -0.39 is 27.2 Å². The maximum Gasteiger partial charge on any atom is 0.511 e. The fourth-order valence-electron chi connectivity index (χ4n) is 8.13. The molecule has 83 heavy (non-hydrogen) atoms. The smallest absolute Gasteiger partial charge is 0.475 e. The number of ether oxygens (including phenoxy) is 13. The fraction of sp³-hybridized carbons (Fsp3) is 0.614. The van der Waals surface area contributed by atoms with E-state index in [1.807, 2.05) is 66.7 Å². The van der Waals surface area contributed by atoms with Crippen molar-refractivity contribution in [2.75, 3.05) is 177 Å². The second-order valence-electron chi connectivity index (χ2n) is 19.6. The first-order valence-electron chi connectivity index (χ1n) is 27.7. The third-order valence-corrected chi connectivity index (χ3v) is 14.2. The molecule has 1 fully saturated rings. The summed E-state index contributed by atoms with van der Waals surface area (Å²) in [6, 6.07) is 22.5. The van der Waals surface area contributed by atoms with Crippen LogP contribution in [-0.4, -0.2) is 213 Å². The molecule has 4 aromatic rings. The molecule has 1 aliphatic heterocycles. The van der Waals surface area contributed by atoms with Gasteiger partial charge in [0.25, 0.3) is 0 Å². The first-order chi connectivity index (χ1) is 40.0. The van der Waals surface area contributed by atoms with Gasteiger partial charge in [-0.2, -0.15) is 17.5 Å². The lowest BCUT2D eigenvalue weighted by Crippen LogP contribution is -2.47. The van der Waals surface area contributed by atoms with Gasteiger partial charge < -0.3 is 72.2 Å². The number of carbonyl (C=O) groups excluding carboxylic acids is 1. The molecular formula is C57H81Cl2F3N4O16S. The van der Waals surface area contributed by atoms with Gasteiger partial charge in [-0.1, -0.05) is 53.5 Å². The number of carbonyl (C=O) groups is 1. The van der Waals surface area contributed by atoms with Crippen LogP contribution < -0.4 is 15.4 Å². The van der Waals surface area contributed by atoms with E-state index in [9.17, 15) is 26.4 Å². The van der Waals surface area contributed by atoms with E-state index in [0.29, 0.717) is 177 Å². The van der Waals surface area contributed by atoms with Crippen molar-refractivity contribution in [2.24, 2.45) is 0 Å². The molecule has 26 heteroatoms. The second kappa shape index (κ2) is 38.7. The quantitative estimate of drug-likeness (QED) is 0.0314. The molecule has 0 spiro atoms. The maximum absolute atomic E-state index is 13.4. The largest absolute Gasteiger partial charge is 0.511 e. The van der Waals surface area contributed by atoms with E-state index in [1.54, 1.807) is 26.8 Å². The normalized spacial score (nSPS) is 13.7. The lowest BCUT2D eigenvalue weighted by atomic mass is 9.84. The van der Waals surface area contributed by atoms with Gasteiger partial charge in [-0.25, -0.2) is 18.2 Å². The van der Waals surface area contributed by atoms with Crippen molar-refractivity contribution in [3.63, 3.8) is 0 Å². The van der Waals surface area contributed by atoms with Crippen LogP contribution in [0.5, 0.6) is 5.88 Å². The molecule has 0 atom stereocenters. The Morgan fingerprint density at radius 1 is 0.566 bits per heavy atom. The molecule has 0 unspecified atom stereocenters. The molecule has 0 aliphatic carbocycles. The van der Waals surface area contributed by atoms with Crippen LogP contribution in [0.15, 0.2) is 72.8 Å². The van der Waals surface area contributed by atoms with Gasteiger partial charge in [0.15, 0.2) is 0 Å². The van der Waals surface area contributed by atoms with Gasteiger partial charge in [-0.3, -0.25) is 0 Å². The Hall–Kier alpha value is -4.22. The molecule has 1 amide bonds. The third-order valence-electron chi connectivity index (χ3n) is 12.1. The van der Waals surface area contributed by atoms with Gasteiger partial charge >= 0.3 is 21.6 Å². The van der Waals surface area contributed by atoms with E-state index in [1.165, 1.54) is 0 Å². The maximum atomic E-state index is 13.4. The average Bonchev–Trinajstić information content (AvgIpc) is 3.64. The highest BCUT2D eigenvalue weighted by molar-refractivity contribution is 7.90. The summed E-state index contributed by atoms with van der Waals surface area (Å²) in [5.41, 5.74) is -1.77. The third kappa shape index (κ3) is 27.8. The Labute approximate surface area is 495 Å². The molecule has 0 bridgehead atoms. The Bertz CT molecular complexity index is 2490. The number of amides is 1. The highest BCUT2D eigenvalue weighted by Gasteiger charge is 2.50. The summed E-state index contributed by atoms with van der Waals surface area (Å²) in [5, 5.41) is 8.03. The number of fused-ring (bicyclic) bond motifs is 1. The van der Waals surface area contributed by atoms with Crippen LogP contribution in [0.1, 0.15) is 56.2 Å². The number of hydrogen-bond donors (Lipinski definition) is 2. The van der Waals surface area contributed by atoms with E-state index in [-0.39, 0.29) is 51.1 Å². The number of rotatable bonds is 43. The molecular weight excluding hydrogens is 1160 g/mol. The second-order valence-corrected chi connectivity index (χ2v) is 22.4. The molecule has 1 aromatic heterocycles. The van der Waals surface area contributed by atoms with Crippen LogP contribution in [0.3, 0.4) is 0 Å². The van der Waals surface area contributed by atoms with Crippen LogP contribution in [0, 0.1) is 0 Å². The number of nitrogens with one attached hydrogen (secondary N) is 2. The number of sulfonamides is 1. The van der Waals surface area contributed by atoms with Gasteiger partial charge in [0, 0.05) is 58.8 Å². The Morgan fingerprint density at radius 2 is 0.940 bits per heavy atom. The zero-order valence-electron chi connectivity index (χ0n) is 47.6. The number of aromatic nitrogens is 1. The standard InChI is InChI=1S/C57H81Cl2F3N4O16S/c1-56(2,3)82-55(67)63-16-19-70-20-21-71-22-23-72-24-25-73-26-27-74-28-29-75-30-31-76-32-33-77-34-35-78-36-37-79-38-39-80-40-41-81-53-43-52(64-49-14-17-66(18-15-49)83(68,69)57(60,61)62)50-42-46(8-13-51(50)65-53)54(44-4-9-47(58)10-5-44)45-6-11-48(59)12-7-45/h4-13,42-43,49,54H,14-41H2,1-3H3,(H,63,67)(H,64,65). The molecule has 2 heterocycles. The number of halogens is 5. The molecule has 20 nitrogen and oxygen atoms in total. The molecule has 1 saturated heterocycles. The molecule has 1 aliphatic rings. The molecule has 0 radical (unpaired) electrons. The molecule has 5 rings (SSSR count). The lowest BCUT2D eigenvalue weighted by molar-refractivity contribution is -0.0494. The van der Waals surface area contributed by atoms with Crippen LogP contribution in [0.25, 0.3) is 10.9 Å². The summed E-state index contributed by atoms with van der Waals surface area (Å²) in [7, 11) is -5.44. The van der Waals surface area contributed by atoms with Crippen LogP contribution in [0.2, 0.25) is 10.0 Å². The summed E-state index contributed by atoms with van der Waals surface area (Å²) in [6.45, 7) is 14.5. The fourth-order valence-corrected chi connectivity index (χ4v) is 9.37. The highest BCUT2D eigenvalue weighted by Crippen LogP contribution is 2.38. The molecule has 2 N–H and O–H groups in total. The average molecular weight is 1240 g/mol. The van der Waals surface area contributed by atoms with Crippen LogP contribution >= 0.6 is 23.2 Å². The van der Waals surface area contributed by atoms with Gasteiger partial charge in [0.2, 0.25) is 5.88 Å². The minimum Gasteiger partial charge on any atom is -0.475 e. The summed E-state index contributed by atoms with van der Waals surface area (Å²) in [6.07, 6.45) is -0.171. The number of pyridine rings is 1. The van der Waals surface area contributed by atoms with Crippen molar-refractivity contribution in [1.29, 1.82) is 0 Å². The highest BCUT2D eigenvalue weighted by atomic mass is 35.5. The molecule has 466 valence electrons. The van der Waals surface area contributed by atoms with Crippen molar-refractivity contribution in [3.05, 3.63) is 99.5 Å². The number of anilines is 1. The number of benzene rings is 3. The first kappa shape index (κ1) is 69.6. The first-order valence-corrected chi connectivity index (χ1v) is 29.9. The van der Waals surface area contributed by atoms with Crippen molar-refractivity contribution in [1.82, 2.24) is 14.6 Å². The van der Waals surface area contributed by atoms with Crippen molar-refractivity contribution >= 4 is 55.9 Å². The number of nitrogens with zero attached hydrogens (tertiary/aromatic N) is 2.